The van der Waals surface area contributed by atoms with E-state index < -0.39 is 0 Å². The van der Waals surface area contributed by atoms with Gasteiger partial charge in [0.25, 0.3) is 0 Å². The molecule has 0 aliphatic heterocycles. The van der Waals surface area contributed by atoms with Gasteiger partial charge in [0.2, 0.25) is 0 Å². The SMILES string of the molecule is CCCc1cncn1C(CN)CC(C)C. The fourth-order valence-electron chi connectivity index (χ4n) is 1.98. The minimum atomic E-state index is 0.411. The van der Waals surface area contributed by atoms with Gasteiger partial charge in [0.05, 0.1) is 6.33 Å². The highest BCUT2D eigenvalue weighted by molar-refractivity contribution is 5.01. The number of imidazole rings is 1. The summed E-state index contributed by atoms with van der Waals surface area (Å²) in [6.45, 7) is 7.36. The number of aromatic nitrogens is 2. The molecular weight excluding hydrogens is 186 g/mol. The van der Waals surface area contributed by atoms with Crippen LogP contribution in [0.1, 0.15) is 45.3 Å². The van der Waals surface area contributed by atoms with Crippen LogP contribution in [0.25, 0.3) is 0 Å². The Labute approximate surface area is 92.7 Å². The molecule has 0 spiro atoms. The third-order valence-electron chi connectivity index (χ3n) is 2.66. The van der Waals surface area contributed by atoms with Gasteiger partial charge in [-0.1, -0.05) is 27.2 Å². The molecule has 0 saturated carbocycles. The van der Waals surface area contributed by atoms with Crippen LogP contribution in [-0.4, -0.2) is 16.1 Å². The summed E-state index contributed by atoms with van der Waals surface area (Å²) < 4.78 is 2.25. The lowest BCUT2D eigenvalue weighted by Crippen LogP contribution is -2.22. The van der Waals surface area contributed by atoms with Crippen LogP contribution in [0.5, 0.6) is 0 Å². The monoisotopic (exact) mass is 209 g/mol. The lowest BCUT2D eigenvalue weighted by Gasteiger charge is -2.21. The Bertz CT molecular complexity index is 278. The van der Waals surface area contributed by atoms with E-state index in [-0.39, 0.29) is 0 Å². The van der Waals surface area contributed by atoms with Crippen LogP contribution in [0.2, 0.25) is 0 Å². The third-order valence-corrected chi connectivity index (χ3v) is 2.66. The Morgan fingerprint density at radius 1 is 1.47 bits per heavy atom. The molecule has 0 radical (unpaired) electrons. The van der Waals surface area contributed by atoms with E-state index in [0.29, 0.717) is 18.5 Å². The quantitative estimate of drug-likeness (QED) is 0.781. The van der Waals surface area contributed by atoms with Crippen molar-refractivity contribution in [2.45, 2.75) is 46.1 Å². The minimum Gasteiger partial charge on any atom is -0.330 e. The van der Waals surface area contributed by atoms with E-state index in [0.717, 1.165) is 19.3 Å². The van der Waals surface area contributed by atoms with Crippen LogP contribution in [0.15, 0.2) is 12.5 Å². The zero-order chi connectivity index (χ0) is 11.3. The molecule has 0 aliphatic carbocycles. The maximum atomic E-state index is 5.83. The zero-order valence-electron chi connectivity index (χ0n) is 10.1. The first kappa shape index (κ1) is 12.2. The molecule has 0 aliphatic rings. The average Bonchev–Trinajstić information content (AvgIpc) is 2.63. The van der Waals surface area contributed by atoms with Gasteiger partial charge < -0.3 is 10.3 Å². The Balaban J connectivity index is 2.76. The summed E-state index contributed by atoms with van der Waals surface area (Å²) in [6, 6.07) is 0.411. The maximum absolute atomic E-state index is 5.83. The topological polar surface area (TPSA) is 43.8 Å². The average molecular weight is 209 g/mol. The highest BCUT2D eigenvalue weighted by Crippen LogP contribution is 2.19. The van der Waals surface area contributed by atoms with E-state index in [1.165, 1.54) is 5.69 Å². The molecule has 0 bridgehead atoms. The van der Waals surface area contributed by atoms with Gasteiger partial charge in [0.15, 0.2) is 0 Å². The van der Waals surface area contributed by atoms with Gasteiger partial charge >= 0.3 is 0 Å². The maximum Gasteiger partial charge on any atom is 0.0951 e. The molecule has 3 heteroatoms. The lowest BCUT2D eigenvalue weighted by atomic mass is 10.0. The van der Waals surface area contributed by atoms with E-state index in [4.69, 9.17) is 5.73 Å². The normalized spacial score (nSPS) is 13.4. The van der Waals surface area contributed by atoms with E-state index >= 15 is 0 Å². The van der Waals surface area contributed by atoms with Gasteiger partial charge in [0, 0.05) is 24.5 Å². The summed E-state index contributed by atoms with van der Waals surface area (Å²) in [5.74, 6) is 0.676. The Kier molecular flexibility index (Phi) is 4.82. The fourth-order valence-corrected chi connectivity index (χ4v) is 1.98. The number of hydrogen-bond donors (Lipinski definition) is 1. The van der Waals surface area contributed by atoms with Gasteiger partial charge in [-0.05, 0) is 18.8 Å². The van der Waals surface area contributed by atoms with Crippen molar-refractivity contribution in [3.8, 4) is 0 Å². The predicted molar refractivity (Wildman–Crippen MR) is 63.8 cm³/mol. The predicted octanol–water partition coefficient (Wildman–Crippen LogP) is 2.38. The van der Waals surface area contributed by atoms with Crippen molar-refractivity contribution in [1.82, 2.24) is 9.55 Å². The standard InChI is InChI=1S/C12H23N3/c1-4-5-11-8-14-9-15(11)12(7-13)6-10(2)3/h8-10,12H,4-7,13H2,1-3H3. The van der Waals surface area contributed by atoms with Crippen molar-refractivity contribution in [2.75, 3.05) is 6.54 Å². The van der Waals surface area contributed by atoms with Crippen molar-refractivity contribution in [2.24, 2.45) is 11.7 Å². The molecule has 15 heavy (non-hydrogen) atoms. The molecule has 1 unspecified atom stereocenters. The summed E-state index contributed by atoms with van der Waals surface area (Å²) in [4.78, 5) is 4.22. The van der Waals surface area contributed by atoms with Gasteiger partial charge in [-0.2, -0.15) is 0 Å². The number of aryl methyl sites for hydroxylation is 1. The molecule has 0 aromatic carbocycles. The molecule has 1 rings (SSSR count). The molecule has 0 saturated heterocycles. The number of hydrogen-bond acceptors (Lipinski definition) is 2. The van der Waals surface area contributed by atoms with E-state index in [1.807, 2.05) is 12.5 Å². The third kappa shape index (κ3) is 3.34. The molecule has 1 heterocycles. The molecular formula is C12H23N3. The van der Waals surface area contributed by atoms with Crippen LogP contribution >= 0.6 is 0 Å². The second kappa shape index (κ2) is 5.91. The molecule has 0 fully saturated rings. The second-order valence-electron chi connectivity index (χ2n) is 4.56. The van der Waals surface area contributed by atoms with Gasteiger partial charge in [-0.3, -0.25) is 0 Å². The Morgan fingerprint density at radius 2 is 2.20 bits per heavy atom. The highest BCUT2D eigenvalue weighted by atomic mass is 15.1. The fraction of sp³-hybridized carbons (Fsp3) is 0.750. The molecule has 1 aromatic heterocycles. The zero-order valence-corrected chi connectivity index (χ0v) is 10.1. The number of nitrogens with two attached hydrogens (primary N) is 1. The van der Waals surface area contributed by atoms with Crippen LogP contribution in [0.4, 0.5) is 0 Å². The van der Waals surface area contributed by atoms with Crippen LogP contribution in [0.3, 0.4) is 0 Å². The molecule has 1 atom stereocenters. The number of nitrogens with zero attached hydrogens (tertiary/aromatic N) is 2. The molecule has 0 amide bonds. The van der Waals surface area contributed by atoms with Gasteiger partial charge in [0.1, 0.15) is 0 Å². The second-order valence-corrected chi connectivity index (χ2v) is 4.56. The summed E-state index contributed by atoms with van der Waals surface area (Å²) in [6.07, 6.45) is 7.26. The molecule has 2 N–H and O–H groups in total. The van der Waals surface area contributed by atoms with Crippen LogP contribution < -0.4 is 5.73 Å². The molecule has 1 aromatic rings. The largest absolute Gasteiger partial charge is 0.330 e. The Hall–Kier alpha value is -0.830. The van der Waals surface area contributed by atoms with Gasteiger partial charge in [-0.15, -0.1) is 0 Å². The van der Waals surface area contributed by atoms with Crippen LogP contribution in [-0.2, 0) is 6.42 Å². The minimum absolute atomic E-state index is 0.411. The van der Waals surface area contributed by atoms with Crippen molar-refractivity contribution in [1.29, 1.82) is 0 Å². The summed E-state index contributed by atoms with van der Waals surface area (Å²) in [5.41, 5.74) is 7.14. The summed E-state index contributed by atoms with van der Waals surface area (Å²) >= 11 is 0. The van der Waals surface area contributed by atoms with Gasteiger partial charge in [-0.25, -0.2) is 4.98 Å². The van der Waals surface area contributed by atoms with E-state index in [9.17, 15) is 0 Å². The smallest absolute Gasteiger partial charge is 0.0951 e. The summed E-state index contributed by atoms with van der Waals surface area (Å²) in [7, 11) is 0. The molecule has 86 valence electrons. The van der Waals surface area contributed by atoms with Crippen molar-refractivity contribution < 1.29 is 0 Å². The van der Waals surface area contributed by atoms with Crippen molar-refractivity contribution in [3.05, 3.63) is 18.2 Å². The molecule has 3 nitrogen and oxygen atoms in total. The van der Waals surface area contributed by atoms with Crippen molar-refractivity contribution >= 4 is 0 Å². The van der Waals surface area contributed by atoms with Crippen LogP contribution in [0, 0.1) is 5.92 Å². The van der Waals surface area contributed by atoms with Crippen molar-refractivity contribution in [3.63, 3.8) is 0 Å². The first-order valence-corrected chi connectivity index (χ1v) is 5.89. The van der Waals surface area contributed by atoms with E-state index in [2.05, 4.69) is 30.3 Å². The highest BCUT2D eigenvalue weighted by Gasteiger charge is 2.13. The first-order valence-electron chi connectivity index (χ1n) is 5.89. The first-order chi connectivity index (χ1) is 7.19. The number of rotatable bonds is 6. The van der Waals surface area contributed by atoms with E-state index in [1.54, 1.807) is 0 Å². The summed E-state index contributed by atoms with van der Waals surface area (Å²) in [5, 5.41) is 0. The lowest BCUT2D eigenvalue weighted by molar-refractivity contribution is 0.398. The Morgan fingerprint density at radius 3 is 2.73 bits per heavy atom.